The molecule has 1 aromatic heterocycles. The zero-order valence-corrected chi connectivity index (χ0v) is 19.7. The number of likely N-dealkylation sites (tertiary alicyclic amines) is 1. The predicted molar refractivity (Wildman–Crippen MR) is 124 cm³/mol. The van der Waals surface area contributed by atoms with Gasteiger partial charge in [0.1, 0.15) is 11.6 Å². The maximum absolute atomic E-state index is 13.8. The average molecular weight is 515 g/mol. The molecule has 1 aliphatic rings. The third-order valence-corrected chi connectivity index (χ3v) is 5.32. The number of nitrogens with zero attached hydrogens (tertiary/aromatic N) is 3. The van der Waals surface area contributed by atoms with Gasteiger partial charge in [-0.3, -0.25) is 9.89 Å². The van der Waals surface area contributed by atoms with E-state index >= 15 is 0 Å². The fraction of sp³-hybridized carbons (Fsp3) is 0.524. The zero-order valence-electron chi connectivity index (χ0n) is 17.4. The van der Waals surface area contributed by atoms with E-state index in [0.29, 0.717) is 24.9 Å². The van der Waals surface area contributed by atoms with E-state index in [2.05, 4.69) is 25.5 Å². The molecule has 6 nitrogen and oxygen atoms in total. The van der Waals surface area contributed by atoms with Crippen LogP contribution in [0.2, 0.25) is 0 Å². The number of hydrogen-bond donors (Lipinski definition) is 2. The maximum Gasteiger partial charge on any atom is 0.214 e. The van der Waals surface area contributed by atoms with Crippen LogP contribution in [0.4, 0.5) is 4.39 Å². The van der Waals surface area contributed by atoms with Gasteiger partial charge in [0.05, 0.1) is 12.2 Å². The van der Waals surface area contributed by atoms with E-state index in [1.807, 2.05) is 26.0 Å². The van der Waals surface area contributed by atoms with Gasteiger partial charge in [-0.05, 0) is 51.8 Å². The number of halogens is 2. The molecule has 0 aliphatic carbocycles. The summed E-state index contributed by atoms with van der Waals surface area (Å²) >= 11 is 0. The first-order valence-corrected chi connectivity index (χ1v) is 9.88. The number of guanidine groups is 1. The van der Waals surface area contributed by atoms with Crippen LogP contribution in [-0.2, 0) is 13.1 Å². The summed E-state index contributed by atoms with van der Waals surface area (Å²) in [4.78, 5) is 11.0. The van der Waals surface area contributed by atoms with E-state index in [1.165, 1.54) is 6.07 Å². The zero-order chi connectivity index (χ0) is 19.9. The molecule has 29 heavy (non-hydrogen) atoms. The minimum Gasteiger partial charge on any atom is -0.444 e. The fourth-order valence-corrected chi connectivity index (χ4v) is 3.45. The molecule has 3 rings (SSSR count). The van der Waals surface area contributed by atoms with E-state index < -0.39 is 0 Å². The first kappa shape index (κ1) is 23.6. The van der Waals surface area contributed by atoms with Gasteiger partial charge >= 0.3 is 0 Å². The van der Waals surface area contributed by atoms with Crippen LogP contribution >= 0.6 is 24.0 Å². The van der Waals surface area contributed by atoms with Crippen molar-refractivity contribution in [1.82, 2.24) is 20.5 Å². The predicted octanol–water partition coefficient (Wildman–Crippen LogP) is 3.63. The quantitative estimate of drug-likeness (QED) is 0.350. The average Bonchev–Trinajstić information content (AvgIpc) is 3.02. The van der Waals surface area contributed by atoms with Crippen molar-refractivity contribution in [2.45, 2.75) is 39.8 Å². The molecule has 0 saturated carbocycles. The summed E-state index contributed by atoms with van der Waals surface area (Å²) in [7, 11) is 1.76. The van der Waals surface area contributed by atoms with E-state index in [4.69, 9.17) is 4.42 Å². The van der Waals surface area contributed by atoms with Gasteiger partial charge in [0.2, 0.25) is 5.89 Å². The van der Waals surface area contributed by atoms with Crippen molar-refractivity contribution >= 4 is 29.9 Å². The first-order chi connectivity index (χ1) is 13.5. The number of rotatable bonds is 6. The molecule has 0 bridgehead atoms. The van der Waals surface area contributed by atoms with Crippen LogP contribution in [-0.4, -0.2) is 42.5 Å². The molecule has 1 aliphatic heterocycles. The van der Waals surface area contributed by atoms with Gasteiger partial charge < -0.3 is 15.1 Å². The molecule has 2 heterocycles. The molecule has 0 spiro atoms. The highest BCUT2D eigenvalue weighted by atomic mass is 127. The van der Waals surface area contributed by atoms with Crippen molar-refractivity contribution in [2.24, 2.45) is 10.9 Å². The van der Waals surface area contributed by atoms with Gasteiger partial charge in [-0.15, -0.1) is 24.0 Å². The molecule has 0 atom stereocenters. The van der Waals surface area contributed by atoms with Gasteiger partial charge in [-0.2, -0.15) is 0 Å². The lowest BCUT2D eigenvalue weighted by molar-refractivity contribution is 0.176. The molecule has 2 N–H and O–H groups in total. The van der Waals surface area contributed by atoms with Gasteiger partial charge in [0.15, 0.2) is 5.96 Å². The van der Waals surface area contributed by atoms with E-state index in [9.17, 15) is 4.39 Å². The number of aliphatic imine (C=N–C) groups is 1. The van der Waals surface area contributed by atoms with Gasteiger partial charge in [-0.25, -0.2) is 9.37 Å². The van der Waals surface area contributed by atoms with Crippen molar-refractivity contribution in [3.63, 3.8) is 0 Å². The van der Waals surface area contributed by atoms with Crippen molar-refractivity contribution < 1.29 is 8.81 Å². The summed E-state index contributed by atoms with van der Waals surface area (Å²) in [6.07, 6.45) is 2.19. The summed E-state index contributed by atoms with van der Waals surface area (Å²) < 4.78 is 19.4. The molecule has 8 heteroatoms. The molecule has 1 aromatic carbocycles. The Balaban J connectivity index is 0.00000300. The van der Waals surface area contributed by atoms with Gasteiger partial charge in [0, 0.05) is 25.7 Å². The molecule has 1 fully saturated rings. The number of hydrogen-bond acceptors (Lipinski definition) is 4. The lowest BCUT2D eigenvalue weighted by atomic mass is 9.96. The topological polar surface area (TPSA) is 65.7 Å². The largest absolute Gasteiger partial charge is 0.444 e. The van der Waals surface area contributed by atoms with Crippen LogP contribution < -0.4 is 10.6 Å². The Bertz CT molecular complexity index is 783. The third-order valence-electron chi connectivity index (χ3n) is 5.32. The van der Waals surface area contributed by atoms with Crippen LogP contribution in [0, 0.1) is 25.6 Å². The van der Waals surface area contributed by atoms with Crippen molar-refractivity contribution in [2.75, 3.05) is 26.7 Å². The Hall–Kier alpha value is -1.68. The van der Waals surface area contributed by atoms with Crippen LogP contribution in [0.25, 0.3) is 0 Å². The van der Waals surface area contributed by atoms with Crippen LogP contribution in [0.3, 0.4) is 0 Å². The third kappa shape index (κ3) is 6.95. The number of nitrogens with one attached hydrogen (secondary N) is 2. The fourth-order valence-electron chi connectivity index (χ4n) is 3.45. The molecule has 1 saturated heterocycles. The number of benzene rings is 1. The van der Waals surface area contributed by atoms with Crippen molar-refractivity contribution in [1.29, 1.82) is 0 Å². The van der Waals surface area contributed by atoms with Gasteiger partial charge in [-0.1, -0.05) is 18.2 Å². The summed E-state index contributed by atoms with van der Waals surface area (Å²) in [5.74, 6) is 2.74. The monoisotopic (exact) mass is 515 g/mol. The molecule has 160 valence electrons. The number of oxazole rings is 1. The summed E-state index contributed by atoms with van der Waals surface area (Å²) in [5, 5.41) is 6.64. The summed E-state index contributed by atoms with van der Waals surface area (Å²) in [6.45, 7) is 7.89. The second-order valence-electron chi connectivity index (χ2n) is 7.37. The highest BCUT2D eigenvalue weighted by molar-refractivity contribution is 14.0. The van der Waals surface area contributed by atoms with Crippen molar-refractivity contribution in [3.05, 3.63) is 53.0 Å². The van der Waals surface area contributed by atoms with Crippen molar-refractivity contribution in [3.8, 4) is 0 Å². The smallest absolute Gasteiger partial charge is 0.214 e. The normalized spacial score (nSPS) is 15.8. The molecular formula is C21H31FIN5O. The van der Waals surface area contributed by atoms with Crippen LogP contribution in [0.15, 0.2) is 33.7 Å². The Morgan fingerprint density at radius 2 is 1.97 bits per heavy atom. The lowest BCUT2D eigenvalue weighted by Crippen LogP contribution is -2.42. The molecular weight excluding hydrogens is 484 g/mol. The van der Waals surface area contributed by atoms with Crippen LogP contribution in [0.5, 0.6) is 0 Å². The molecule has 0 unspecified atom stereocenters. The second kappa shape index (κ2) is 11.5. The van der Waals surface area contributed by atoms with E-state index in [-0.39, 0.29) is 29.8 Å². The number of aryl methyl sites for hydroxylation is 2. The van der Waals surface area contributed by atoms with E-state index in [1.54, 1.807) is 13.1 Å². The Labute approximate surface area is 189 Å². The minimum absolute atomic E-state index is 0. The Morgan fingerprint density at radius 1 is 1.24 bits per heavy atom. The first-order valence-electron chi connectivity index (χ1n) is 9.88. The highest BCUT2D eigenvalue weighted by Crippen LogP contribution is 2.19. The van der Waals surface area contributed by atoms with Crippen LogP contribution in [0.1, 0.15) is 35.7 Å². The SMILES string of the molecule is CN=C(NCc1nc(C)c(C)o1)NCC1CCN(Cc2ccccc2F)CC1.I. The number of piperidine rings is 1. The summed E-state index contributed by atoms with van der Waals surface area (Å²) in [5.41, 5.74) is 1.70. The molecule has 0 radical (unpaired) electrons. The molecule has 0 amide bonds. The van der Waals surface area contributed by atoms with Gasteiger partial charge in [0.25, 0.3) is 0 Å². The maximum atomic E-state index is 13.8. The molecule has 2 aromatic rings. The lowest BCUT2D eigenvalue weighted by Gasteiger charge is -2.32. The Morgan fingerprint density at radius 3 is 2.59 bits per heavy atom. The van der Waals surface area contributed by atoms with E-state index in [0.717, 1.165) is 55.5 Å². The minimum atomic E-state index is -0.113. The standard InChI is InChI=1S/C21H30FN5O.HI/c1-15-16(2)28-20(26-15)13-25-21(23-3)24-12-17-8-10-27(11-9-17)14-18-6-4-5-7-19(18)22;/h4-7,17H,8-14H2,1-3H3,(H2,23,24,25);1H. The summed E-state index contributed by atoms with van der Waals surface area (Å²) in [6, 6.07) is 7.04. The Kier molecular flexibility index (Phi) is 9.35. The number of aromatic nitrogens is 1. The highest BCUT2D eigenvalue weighted by Gasteiger charge is 2.20. The second-order valence-corrected chi connectivity index (χ2v) is 7.37.